The van der Waals surface area contributed by atoms with Crippen molar-refractivity contribution in [1.82, 2.24) is 24.1 Å². The summed E-state index contributed by atoms with van der Waals surface area (Å²) in [7, 11) is -4.45. The van der Waals surface area contributed by atoms with Gasteiger partial charge in [0.2, 0.25) is 5.95 Å². The van der Waals surface area contributed by atoms with E-state index in [0.717, 1.165) is 52.3 Å². The minimum atomic E-state index is -4.45. The molecule has 0 saturated heterocycles. The van der Waals surface area contributed by atoms with Gasteiger partial charge in [0.15, 0.2) is 19.7 Å². The molecule has 0 fully saturated rings. The minimum Gasteiger partial charge on any atom is -0.309 e. The first-order chi connectivity index (χ1) is 51.1. The number of para-hydroxylation sites is 5. The van der Waals surface area contributed by atoms with Gasteiger partial charge < -0.3 is 4.57 Å². The predicted molar refractivity (Wildman–Crippen MR) is 344 cm³/mol. The summed E-state index contributed by atoms with van der Waals surface area (Å²) in [5.41, 5.74) is 0.777. The fourth-order valence-electron chi connectivity index (χ4n) is 12.6. The molecule has 15 aromatic rings. The second-order valence-corrected chi connectivity index (χ2v) is 24.8. The van der Waals surface area contributed by atoms with Gasteiger partial charge in [0.25, 0.3) is 0 Å². The van der Waals surface area contributed by atoms with Gasteiger partial charge in [-0.1, -0.05) is 260 Å². The Hall–Kier alpha value is -10.2. The van der Waals surface area contributed by atoms with Crippen LogP contribution in [0.3, 0.4) is 0 Å². The first-order valence-corrected chi connectivity index (χ1v) is 29.2. The van der Waals surface area contributed by atoms with Gasteiger partial charge in [-0.3, -0.25) is 4.57 Å². The normalized spacial score (nSPS) is 17.2. The lowest BCUT2D eigenvalue weighted by molar-refractivity contribution is 0.723. The average molecular weight is 1120 g/mol. The van der Waals surface area contributed by atoms with E-state index in [2.05, 4.69) is 48.5 Å². The maximum atomic E-state index is 11.1. The van der Waals surface area contributed by atoms with Crippen molar-refractivity contribution in [3.05, 3.63) is 319 Å². The van der Waals surface area contributed by atoms with Crippen LogP contribution in [-0.4, -0.2) is 32.2 Å². The van der Waals surface area contributed by atoms with Crippen molar-refractivity contribution in [2.75, 3.05) is 0 Å². The maximum absolute atomic E-state index is 11.1. The van der Waals surface area contributed by atoms with E-state index in [1.54, 1.807) is 11.8 Å². The number of rotatable bonds is 8. The van der Waals surface area contributed by atoms with Crippen molar-refractivity contribution in [2.24, 2.45) is 0 Å². The molecule has 0 N–H and O–H groups in total. The Balaban J connectivity index is 1.04. The fraction of sp³-hybridized carbons (Fsp3) is 0.0132. The molecule has 388 valence electrons. The van der Waals surface area contributed by atoms with E-state index in [4.69, 9.17) is 25.9 Å². The van der Waals surface area contributed by atoms with E-state index in [-0.39, 0.29) is 5.19 Å². The SMILES string of the molecule is [2H]c1c([2H])c([2H])c(-n2c3c([2H])c([2H])c([2H])c([2H])c3c3c([2H])c([2H])c([2H])c([2H])c32)c(-c2nc(-c3c([2H])c([2H])c([2H])c([Si](c4ccccc4)(c4ccccc4)c4ccc5c(c4)Sc4ccccc4C54c5ccccc5-c5ccccc54)c3[2H])nc(-n3c4c([2H])c([2H])c([2H])c([2H])c4c4c([2H])c([2H])c([2H])c([2H])c43)n2)c1[2H]. The third kappa shape index (κ3) is 6.93. The van der Waals surface area contributed by atoms with Gasteiger partial charge in [-0.25, -0.2) is 4.98 Å². The van der Waals surface area contributed by atoms with E-state index < -0.39 is 237 Å². The van der Waals surface area contributed by atoms with Gasteiger partial charge in [-0.15, -0.1) is 0 Å². The van der Waals surface area contributed by atoms with Crippen molar-refractivity contribution in [1.29, 1.82) is 0 Å². The molecule has 12 aromatic carbocycles. The lowest BCUT2D eigenvalue weighted by Crippen LogP contribution is -2.74. The van der Waals surface area contributed by atoms with Crippen LogP contribution in [0.1, 0.15) is 55.2 Å². The molecule has 1 spiro atoms. The molecule has 2 aliphatic rings. The standard InChI is InChI=1S/C76H49N5SSi/c1-3-25-51(26-4-1)83(52-27-5-2-6-28-52,54-46-47-65-72(49-54)82-71-45-22-16-39-64(71)76(65)62-37-14-7-30-55(62)56-31-8-15-38-63(56)76)53-29-23-24-50(48-53)73-77-74(79-75(78-73)81-68-42-19-11-34-59(68)60-35-12-20-43-69(60)81)61-36-13-21-44-70(61)80-66-40-17-9-32-57(66)58-33-10-18-41-67(58)80/h1-49H/i9D,10D,11D,12D,13D,17D,18D,19D,20D,21D,23D,24D,29D,32D,33D,34D,35D,36D,40D,41D,42D,43D,44D,48D. The van der Waals surface area contributed by atoms with Crippen molar-refractivity contribution in [3.8, 4) is 45.5 Å². The summed E-state index contributed by atoms with van der Waals surface area (Å²) in [6.45, 7) is 0. The van der Waals surface area contributed by atoms with Gasteiger partial charge in [-0.2, -0.15) is 9.97 Å². The molecule has 7 heteroatoms. The van der Waals surface area contributed by atoms with Crippen LogP contribution < -0.4 is 20.7 Å². The first-order valence-electron chi connectivity index (χ1n) is 38.4. The molecule has 1 aliphatic heterocycles. The molecular formula is C76H49N5SSi. The zero-order valence-electron chi connectivity index (χ0n) is 67.1. The van der Waals surface area contributed by atoms with Crippen LogP contribution in [0.25, 0.3) is 89.2 Å². The third-order valence-corrected chi connectivity index (χ3v) is 21.6. The average Bonchev–Trinajstić information content (AvgIpc) is 1.66. The first kappa shape index (κ1) is 29.5. The van der Waals surface area contributed by atoms with Crippen LogP contribution in [0.15, 0.2) is 306 Å². The highest BCUT2D eigenvalue weighted by Gasteiger charge is 2.51. The number of aromatic nitrogens is 5. The largest absolute Gasteiger partial charge is 0.309 e. The Kier molecular flexibility index (Phi) is 6.64. The molecule has 1 aliphatic carbocycles. The van der Waals surface area contributed by atoms with E-state index >= 15 is 0 Å². The van der Waals surface area contributed by atoms with Crippen LogP contribution in [0.2, 0.25) is 0 Å². The second kappa shape index (κ2) is 18.7. The molecule has 83 heavy (non-hydrogen) atoms. The van der Waals surface area contributed by atoms with E-state index in [0.29, 0.717) is 15.6 Å². The van der Waals surface area contributed by atoms with Gasteiger partial charge in [0.05, 0.1) is 66.1 Å². The Morgan fingerprint density at radius 1 is 0.361 bits per heavy atom. The van der Waals surface area contributed by atoms with Gasteiger partial charge in [0, 0.05) is 42.5 Å². The highest BCUT2D eigenvalue weighted by molar-refractivity contribution is 7.99. The Morgan fingerprint density at radius 3 is 1.47 bits per heavy atom. The lowest BCUT2D eigenvalue weighted by atomic mass is 9.67. The molecule has 0 amide bonds. The lowest BCUT2D eigenvalue weighted by Gasteiger charge is -2.41. The molecule has 17 rings (SSSR count). The summed E-state index contributed by atoms with van der Waals surface area (Å²) in [5.74, 6) is -2.54. The molecule has 0 bridgehead atoms. The van der Waals surface area contributed by atoms with Crippen LogP contribution >= 0.6 is 11.8 Å². The highest BCUT2D eigenvalue weighted by atomic mass is 32.2. The quantitative estimate of drug-likeness (QED) is 0.112. The number of hydrogen-bond donors (Lipinski definition) is 0. The zero-order valence-corrected chi connectivity index (χ0v) is 44.9. The second-order valence-electron chi connectivity index (χ2n) is 20.0. The Labute approximate surface area is 519 Å². The number of nitrogens with zero attached hydrogens (tertiary/aromatic N) is 5. The molecular weight excluding hydrogens is 1040 g/mol. The molecule has 0 unspecified atom stereocenters. The molecule has 0 saturated carbocycles. The third-order valence-electron chi connectivity index (χ3n) is 15.9. The van der Waals surface area contributed by atoms with Crippen LogP contribution in [-0.2, 0) is 5.41 Å². The smallest absolute Gasteiger partial charge is 0.238 e. The Bertz CT molecular complexity index is 6330. The van der Waals surface area contributed by atoms with E-state index in [1.807, 2.05) is 103 Å². The Morgan fingerprint density at radius 2 is 0.855 bits per heavy atom. The summed E-state index contributed by atoms with van der Waals surface area (Å²) in [4.78, 5) is 16.5. The minimum absolute atomic E-state index is 0.0854. The fourth-order valence-corrected chi connectivity index (χ4v) is 18.5. The topological polar surface area (TPSA) is 48.5 Å². The maximum Gasteiger partial charge on any atom is 0.238 e. The van der Waals surface area contributed by atoms with E-state index in [9.17, 15) is 21.9 Å². The molecule has 0 atom stereocenters. The van der Waals surface area contributed by atoms with Crippen molar-refractivity contribution < 1.29 is 32.9 Å². The van der Waals surface area contributed by atoms with Crippen LogP contribution in [0.4, 0.5) is 0 Å². The van der Waals surface area contributed by atoms with Gasteiger partial charge in [0.1, 0.15) is 0 Å². The van der Waals surface area contributed by atoms with Crippen LogP contribution in [0.5, 0.6) is 0 Å². The van der Waals surface area contributed by atoms with E-state index in [1.165, 1.54) is 0 Å². The van der Waals surface area contributed by atoms with Gasteiger partial charge in [-0.05, 0) is 103 Å². The molecule has 0 radical (unpaired) electrons. The summed E-state index contributed by atoms with van der Waals surface area (Å²) in [6, 6.07) is 29.1. The van der Waals surface area contributed by atoms with Crippen molar-refractivity contribution >= 4 is 84.2 Å². The predicted octanol–water partition coefficient (Wildman–Crippen LogP) is 15.6. The van der Waals surface area contributed by atoms with Crippen molar-refractivity contribution in [3.63, 3.8) is 0 Å². The summed E-state index contributed by atoms with van der Waals surface area (Å²) in [5, 5.41) is -0.195. The molecule has 4 heterocycles. The molecule has 5 nitrogen and oxygen atoms in total. The van der Waals surface area contributed by atoms with Crippen LogP contribution in [0, 0.1) is 0 Å². The monoisotopic (exact) mass is 1120 g/mol. The summed E-state index contributed by atoms with van der Waals surface area (Å²) < 4.78 is 229. The van der Waals surface area contributed by atoms with Gasteiger partial charge >= 0.3 is 0 Å². The number of benzene rings is 12. The highest BCUT2D eigenvalue weighted by Crippen LogP contribution is 2.62. The van der Waals surface area contributed by atoms with Crippen molar-refractivity contribution in [2.45, 2.75) is 15.2 Å². The number of hydrogen-bond acceptors (Lipinski definition) is 4. The zero-order chi connectivity index (χ0) is 75.5. The number of fused-ring (bicyclic) bond motifs is 15. The molecule has 3 aromatic heterocycles. The summed E-state index contributed by atoms with van der Waals surface area (Å²) in [6.07, 6.45) is 0. The summed E-state index contributed by atoms with van der Waals surface area (Å²) >= 11 is 1.55.